The van der Waals surface area contributed by atoms with Gasteiger partial charge in [-0.15, -0.1) is 0 Å². The van der Waals surface area contributed by atoms with E-state index in [0.717, 1.165) is 17.8 Å². The maximum absolute atomic E-state index is 12.0. The summed E-state index contributed by atoms with van der Waals surface area (Å²) in [4.78, 5) is 12.0. The molecule has 0 aromatic heterocycles. The average molecular weight is 205 g/mol. The first-order chi connectivity index (χ1) is 7.25. The first-order valence-corrected chi connectivity index (χ1v) is 6.08. The van der Waals surface area contributed by atoms with Gasteiger partial charge < -0.3 is 10.4 Å². The van der Waals surface area contributed by atoms with Gasteiger partial charge in [-0.05, 0) is 41.9 Å². The van der Waals surface area contributed by atoms with Gasteiger partial charge in [-0.1, -0.05) is 0 Å². The van der Waals surface area contributed by atoms with E-state index in [0.29, 0.717) is 35.7 Å². The van der Waals surface area contributed by atoms with Crippen LogP contribution in [0.4, 0.5) is 0 Å². The van der Waals surface area contributed by atoms with E-state index in [1.54, 1.807) is 7.05 Å². The molecule has 0 aromatic carbocycles. The van der Waals surface area contributed by atoms with Crippen molar-refractivity contribution < 1.29 is 9.90 Å². The van der Waals surface area contributed by atoms with Crippen LogP contribution in [-0.4, -0.2) is 24.7 Å². The summed E-state index contributed by atoms with van der Waals surface area (Å²) in [6.45, 7) is 0.381. The fourth-order valence-electron chi connectivity index (χ4n) is 7.08. The highest BCUT2D eigenvalue weighted by atomic mass is 16.3. The number of hydrogen-bond acceptors (Lipinski definition) is 2. The van der Waals surface area contributed by atoms with Crippen molar-refractivity contribution in [1.29, 1.82) is 0 Å². The largest absolute Gasteiger partial charge is 0.396 e. The van der Waals surface area contributed by atoms with E-state index in [1.807, 2.05) is 0 Å². The van der Waals surface area contributed by atoms with Crippen LogP contribution in [0.2, 0.25) is 0 Å². The van der Waals surface area contributed by atoms with Crippen LogP contribution in [0.1, 0.15) is 6.42 Å². The molecule has 4 atom stereocenters. The number of aliphatic hydroxyl groups excluding tert-OH is 1. The van der Waals surface area contributed by atoms with E-state index in [-0.39, 0.29) is 5.41 Å². The van der Waals surface area contributed by atoms with Crippen molar-refractivity contribution in [3.05, 3.63) is 0 Å². The molecule has 2 N–H and O–H groups in total. The van der Waals surface area contributed by atoms with Crippen molar-refractivity contribution >= 4 is 5.91 Å². The Bertz CT molecular complexity index is 398. The number of rotatable bonds is 2. The van der Waals surface area contributed by atoms with Gasteiger partial charge in [-0.2, -0.15) is 0 Å². The minimum Gasteiger partial charge on any atom is -0.396 e. The van der Waals surface area contributed by atoms with Gasteiger partial charge in [-0.3, -0.25) is 4.79 Å². The van der Waals surface area contributed by atoms with Gasteiger partial charge in [0.15, 0.2) is 0 Å². The first-order valence-electron chi connectivity index (χ1n) is 6.08. The molecule has 15 heavy (non-hydrogen) atoms. The molecule has 0 saturated heterocycles. The van der Waals surface area contributed by atoms with Crippen LogP contribution in [0, 0.1) is 46.3 Å². The Morgan fingerprint density at radius 2 is 2.00 bits per heavy atom. The van der Waals surface area contributed by atoms with Gasteiger partial charge in [0.1, 0.15) is 0 Å². The third-order valence-corrected chi connectivity index (χ3v) is 6.98. The molecule has 0 heterocycles. The standard InChI is InChI=1S/C12H15NO2/c1-13-10(15)12-5-4-2-11(3-14)7(5)9(12)8(11)6(4)12/h4-9,14H,2-3H2,1H3,(H,13,15). The average Bonchev–Trinajstić information content (AvgIpc) is 2.46. The summed E-state index contributed by atoms with van der Waals surface area (Å²) in [6.07, 6.45) is 1.23. The molecule has 6 aliphatic rings. The molecule has 6 saturated carbocycles. The fraction of sp³-hybridized carbons (Fsp3) is 0.917. The Morgan fingerprint density at radius 3 is 2.53 bits per heavy atom. The second kappa shape index (κ2) is 1.65. The molecule has 80 valence electrons. The van der Waals surface area contributed by atoms with E-state index < -0.39 is 0 Å². The summed E-state index contributed by atoms with van der Waals surface area (Å²) >= 11 is 0. The van der Waals surface area contributed by atoms with Crippen LogP contribution in [0.5, 0.6) is 0 Å². The summed E-state index contributed by atoms with van der Waals surface area (Å²) in [5.74, 6) is 4.53. The molecule has 3 nitrogen and oxygen atoms in total. The molecule has 0 radical (unpaired) electrons. The number of amides is 1. The SMILES string of the molecule is CNC(=O)C12C3C4CC5(CO)C3C1C5C42. The lowest BCUT2D eigenvalue weighted by atomic mass is 9.10. The predicted octanol–water partition coefficient (Wildman–Crippen LogP) is -0.147. The molecule has 6 rings (SSSR count). The van der Waals surface area contributed by atoms with Crippen LogP contribution in [0.25, 0.3) is 0 Å². The monoisotopic (exact) mass is 205 g/mol. The fourth-order valence-corrected chi connectivity index (χ4v) is 7.08. The molecule has 3 heteroatoms. The lowest BCUT2D eigenvalue weighted by Gasteiger charge is -2.92. The molecule has 6 aliphatic carbocycles. The maximum atomic E-state index is 12.0. The highest BCUT2D eigenvalue weighted by Gasteiger charge is 3.03. The van der Waals surface area contributed by atoms with Gasteiger partial charge in [0.25, 0.3) is 0 Å². The molecule has 1 amide bonds. The van der Waals surface area contributed by atoms with Crippen molar-refractivity contribution in [2.75, 3.05) is 13.7 Å². The molecular formula is C12H15NO2. The molecule has 2 bridgehead atoms. The van der Waals surface area contributed by atoms with Crippen molar-refractivity contribution in [2.45, 2.75) is 6.42 Å². The number of carbonyl (C=O) groups excluding carboxylic acids is 1. The van der Waals surface area contributed by atoms with Gasteiger partial charge in [0.2, 0.25) is 5.91 Å². The lowest BCUT2D eigenvalue weighted by molar-refractivity contribution is -0.455. The van der Waals surface area contributed by atoms with Crippen LogP contribution in [0.15, 0.2) is 0 Å². The second-order valence-corrected chi connectivity index (χ2v) is 6.40. The Balaban J connectivity index is 1.63. The zero-order chi connectivity index (χ0) is 10.2. The van der Waals surface area contributed by atoms with Crippen LogP contribution in [-0.2, 0) is 4.79 Å². The third-order valence-electron chi connectivity index (χ3n) is 6.98. The Morgan fingerprint density at radius 1 is 1.33 bits per heavy atom. The van der Waals surface area contributed by atoms with Crippen molar-refractivity contribution in [2.24, 2.45) is 46.3 Å². The Labute approximate surface area is 88.2 Å². The highest BCUT2D eigenvalue weighted by Crippen LogP contribution is 3.03. The lowest BCUT2D eigenvalue weighted by Crippen LogP contribution is -2.94. The predicted molar refractivity (Wildman–Crippen MR) is 51.6 cm³/mol. The number of aliphatic hydroxyl groups is 1. The molecule has 4 unspecified atom stereocenters. The summed E-state index contributed by atoms with van der Waals surface area (Å²) in [5, 5.41) is 12.4. The van der Waals surface area contributed by atoms with Crippen molar-refractivity contribution in [1.82, 2.24) is 5.32 Å². The molecule has 0 aromatic rings. The number of nitrogens with one attached hydrogen (secondary N) is 1. The van der Waals surface area contributed by atoms with Gasteiger partial charge in [0.05, 0.1) is 5.41 Å². The zero-order valence-electron chi connectivity index (χ0n) is 8.73. The quantitative estimate of drug-likeness (QED) is 0.659. The zero-order valence-corrected chi connectivity index (χ0v) is 8.73. The van der Waals surface area contributed by atoms with Gasteiger partial charge >= 0.3 is 0 Å². The molecule has 0 aliphatic heterocycles. The first kappa shape index (κ1) is 7.66. The topological polar surface area (TPSA) is 49.3 Å². The molecule has 0 spiro atoms. The Hall–Kier alpha value is -0.570. The van der Waals surface area contributed by atoms with Crippen LogP contribution < -0.4 is 5.32 Å². The van der Waals surface area contributed by atoms with E-state index in [1.165, 1.54) is 6.42 Å². The van der Waals surface area contributed by atoms with E-state index >= 15 is 0 Å². The van der Waals surface area contributed by atoms with Gasteiger partial charge in [-0.25, -0.2) is 0 Å². The summed E-state index contributed by atoms with van der Waals surface area (Å²) in [5.41, 5.74) is 0.365. The summed E-state index contributed by atoms with van der Waals surface area (Å²) in [7, 11) is 1.77. The second-order valence-electron chi connectivity index (χ2n) is 6.40. The highest BCUT2D eigenvalue weighted by molar-refractivity contribution is 5.90. The normalized spacial score (nSPS) is 73.5. The Kier molecular flexibility index (Phi) is 0.844. The van der Waals surface area contributed by atoms with Crippen LogP contribution >= 0.6 is 0 Å². The van der Waals surface area contributed by atoms with Crippen molar-refractivity contribution in [3.63, 3.8) is 0 Å². The summed E-state index contributed by atoms with van der Waals surface area (Å²) in [6, 6.07) is 0. The minimum absolute atomic E-state index is 0.0733. The number of hydrogen-bond donors (Lipinski definition) is 2. The molecule has 6 fully saturated rings. The molecular weight excluding hydrogens is 190 g/mol. The van der Waals surface area contributed by atoms with Gasteiger partial charge in [0, 0.05) is 19.1 Å². The van der Waals surface area contributed by atoms with Crippen molar-refractivity contribution in [3.8, 4) is 0 Å². The minimum atomic E-state index is 0.0733. The maximum Gasteiger partial charge on any atom is 0.226 e. The van der Waals surface area contributed by atoms with E-state index in [9.17, 15) is 9.90 Å². The van der Waals surface area contributed by atoms with E-state index in [2.05, 4.69) is 5.32 Å². The number of carbonyl (C=O) groups is 1. The van der Waals surface area contributed by atoms with Crippen LogP contribution in [0.3, 0.4) is 0 Å². The smallest absolute Gasteiger partial charge is 0.226 e. The summed E-state index contributed by atoms with van der Waals surface area (Å²) < 4.78 is 0. The third kappa shape index (κ3) is 0.364. The van der Waals surface area contributed by atoms with E-state index in [4.69, 9.17) is 0 Å².